The van der Waals surface area contributed by atoms with Gasteiger partial charge in [-0.25, -0.2) is 4.98 Å². The van der Waals surface area contributed by atoms with E-state index in [4.69, 9.17) is 0 Å². The lowest BCUT2D eigenvalue weighted by Gasteiger charge is -2.05. The maximum Gasteiger partial charge on any atom is 0.275 e. The first-order valence-electron chi connectivity index (χ1n) is 4.22. The van der Waals surface area contributed by atoms with Crippen molar-refractivity contribution in [1.82, 2.24) is 14.5 Å². The molecule has 0 saturated heterocycles. The third-order valence-corrected chi connectivity index (χ3v) is 2.11. The molecule has 0 unspecified atom stereocenters. The van der Waals surface area contributed by atoms with Crippen LogP contribution in [0.1, 0.15) is 0 Å². The van der Waals surface area contributed by atoms with Gasteiger partial charge in [-0.15, -0.1) is 0 Å². The molecule has 2 heterocycles. The van der Waals surface area contributed by atoms with Crippen LogP contribution in [0, 0.1) is 0 Å². The van der Waals surface area contributed by atoms with Gasteiger partial charge in [0.15, 0.2) is 5.65 Å². The molecule has 0 atom stereocenters. The van der Waals surface area contributed by atoms with E-state index in [9.17, 15) is 4.79 Å². The zero-order valence-corrected chi connectivity index (χ0v) is 7.98. The van der Waals surface area contributed by atoms with Gasteiger partial charge in [-0.3, -0.25) is 14.3 Å². The Morgan fingerprint density at radius 1 is 1.36 bits per heavy atom. The molecule has 14 heavy (non-hydrogen) atoms. The molecule has 0 aliphatic carbocycles. The zero-order valence-electron chi connectivity index (χ0n) is 7.98. The summed E-state index contributed by atoms with van der Waals surface area (Å²) >= 11 is 0. The van der Waals surface area contributed by atoms with E-state index in [0.717, 1.165) is 0 Å². The topological polar surface area (TPSA) is 59.8 Å². The quantitative estimate of drug-likeness (QED) is 0.705. The van der Waals surface area contributed by atoms with Crippen molar-refractivity contribution in [2.45, 2.75) is 0 Å². The predicted molar refractivity (Wildman–Crippen MR) is 54.3 cm³/mol. The van der Waals surface area contributed by atoms with Gasteiger partial charge in [0, 0.05) is 26.5 Å². The number of pyridine rings is 1. The molecule has 0 spiro atoms. The van der Waals surface area contributed by atoms with Crippen LogP contribution in [-0.2, 0) is 7.05 Å². The van der Waals surface area contributed by atoms with Crippen LogP contribution in [0.2, 0.25) is 0 Å². The van der Waals surface area contributed by atoms with E-state index in [0.29, 0.717) is 16.9 Å². The molecule has 0 amide bonds. The second-order valence-electron chi connectivity index (χ2n) is 2.94. The first-order valence-corrected chi connectivity index (χ1v) is 4.22. The fraction of sp³-hybridized carbons (Fsp3) is 0.222. The van der Waals surface area contributed by atoms with Crippen molar-refractivity contribution in [3.8, 4) is 0 Å². The number of fused-ring (bicyclic) bond motifs is 1. The summed E-state index contributed by atoms with van der Waals surface area (Å²) in [4.78, 5) is 19.9. The number of anilines is 1. The zero-order chi connectivity index (χ0) is 10.1. The first-order chi connectivity index (χ1) is 6.74. The van der Waals surface area contributed by atoms with Gasteiger partial charge in [-0.2, -0.15) is 0 Å². The van der Waals surface area contributed by atoms with Crippen LogP contribution in [0.4, 0.5) is 5.69 Å². The minimum Gasteiger partial charge on any atom is -0.384 e. The number of hydrogen-bond donors (Lipinski definition) is 1. The Hall–Kier alpha value is -1.91. The lowest BCUT2D eigenvalue weighted by Crippen LogP contribution is -2.20. The van der Waals surface area contributed by atoms with Crippen LogP contribution in [0.3, 0.4) is 0 Å². The highest BCUT2D eigenvalue weighted by atomic mass is 16.1. The molecule has 0 radical (unpaired) electrons. The van der Waals surface area contributed by atoms with Crippen molar-refractivity contribution in [1.29, 1.82) is 0 Å². The molecule has 2 aromatic rings. The molecule has 0 saturated carbocycles. The van der Waals surface area contributed by atoms with E-state index >= 15 is 0 Å². The normalized spacial score (nSPS) is 10.4. The van der Waals surface area contributed by atoms with Crippen LogP contribution in [0.15, 0.2) is 23.3 Å². The summed E-state index contributed by atoms with van der Waals surface area (Å²) in [5, 5.41) is 2.83. The van der Waals surface area contributed by atoms with Crippen LogP contribution in [0.5, 0.6) is 0 Å². The molecule has 1 N–H and O–H groups in total. The summed E-state index contributed by atoms with van der Waals surface area (Å²) < 4.78 is 1.48. The molecule has 0 aliphatic heterocycles. The molecular weight excluding hydrogens is 180 g/mol. The highest BCUT2D eigenvalue weighted by molar-refractivity contribution is 5.74. The van der Waals surface area contributed by atoms with Crippen LogP contribution in [-0.4, -0.2) is 21.6 Å². The van der Waals surface area contributed by atoms with Gasteiger partial charge in [-0.1, -0.05) is 0 Å². The van der Waals surface area contributed by atoms with Crippen molar-refractivity contribution < 1.29 is 0 Å². The summed E-state index contributed by atoms with van der Waals surface area (Å²) in [6, 6.07) is 1.70. The third kappa shape index (κ3) is 1.14. The molecule has 2 aromatic heterocycles. The van der Waals surface area contributed by atoms with Crippen molar-refractivity contribution in [2.75, 3.05) is 12.4 Å². The molecule has 5 heteroatoms. The summed E-state index contributed by atoms with van der Waals surface area (Å²) in [5.41, 5.74) is 1.73. The fourth-order valence-corrected chi connectivity index (χ4v) is 1.36. The number of aromatic nitrogens is 3. The molecule has 72 valence electrons. The Morgan fingerprint density at radius 2 is 2.07 bits per heavy atom. The van der Waals surface area contributed by atoms with Crippen LogP contribution in [0.25, 0.3) is 11.2 Å². The Kier molecular flexibility index (Phi) is 1.92. The summed E-state index contributed by atoms with van der Waals surface area (Å²) in [6.45, 7) is 0. The Labute approximate surface area is 80.4 Å². The molecular formula is C9H10N4O. The van der Waals surface area contributed by atoms with Crippen molar-refractivity contribution >= 4 is 16.9 Å². The molecule has 0 aromatic carbocycles. The molecule has 0 fully saturated rings. The van der Waals surface area contributed by atoms with Gasteiger partial charge < -0.3 is 5.32 Å². The molecule has 5 nitrogen and oxygen atoms in total. The SMILES string of the molecule is CNc1cc2nccnc2n(C)c1=O. The fourth-order valence-electron chi connectivity index (χ4n) is 1.36. The summed E-state index contributed by atoms with van der Waals surface area (Å²) in [7, 11) is 3.39. The lowest BCUT2D eigenvalue weighted by atomic mass is 10.3. The van der Waals surface area contributed by atoms with E-state index < -0.39 is 0 Å². The number of aryl methyl sites for hydroxylation is 1. The highest BCUT2D eigenvalue weighted by Crippen LogP contribution is 2.08. The smallest absolute Gasteiger partial charge is 0.275 e. The van der Waals surface area contributed by atoms with Crippen LogP contribution < -0.4 is 10.9 Å². The maximum atomic E-state index is 11.6. The van der Waals surface area contributed by atoms with E-state index in [1.165, 1.54) is 4.57 Å². The summed E-state index contributed by atoms with van der Waals surface area (Å²) in [5.74, 6) is 0. The Balaban J connectivity index is 2.92. The number of hydrogen-bond acceptors (Lipinski definition) is 4. The standard InChI is InChI=1S/C9H10N4O/c1-10-7-5-6-8(12-4-3-11-6)13(2)9(7)14/h3-5,10H,1-2H3. The number of rotatable bonds is 1. The van der Waals surface area contributed by atoms with Crippen molar-refractivity contribution in [3.63, 3.8) is 0 Å². The number of nitrogens with one attached hydrogen (secondary N) is 1. The van der Waals surface area contributed by atoms with E-state index in [1.54, 1.807) is 32.6 Å². The van der Waals surface area contributed by atoms with E-state index in [1.807, 2.05) is 0 Å². The first kappa shape index (κ1) is 8.68. The molecule has 0 aliphatic rings. The minimum atomic E-state index is -0.0968. The van der Waals surface area contributed by atoms with Crippen molar-refractivity contribution in [3.05, 3.63) is 28.8 Å². The van der Waals surface area contributed by atoms with E-state index in [-0.39, 0.29) is 5.56 Å². The highest BCUT2D eigenvalue weighted by Gasteiger charge is 2.05. The molecule has 2 rings (SSSR count). The average molecular weight is 190 g/mol. The second kappa shape index (κ2) is 3.10. The predicted octanol–water partition coefficient (Wildman–Crippen LogP) is 0.370. The Morgan fingerprint density at radius 3 is 2.79 bits per heavy atom. The van der Waals surface area contributed by atoms with Crippen molar-refractivity contribution in [2.24, 2.45) is 7.05 Å². The maximum absolute atomic E-state index is 11.6. The Bertz CT molecular complexity index is 532. The van der Waals surface area contributed by atoms with Gasteiger partial charge in [0.25, 0.3) is 5.56 Å². The van der Waals surface area contributed by atoms with Crippen LogP contribution >= 0.6 is 0 Å². The summed E-state index contributed by atoms with van der Waals surface area (Å²) in [6.07, 6.45) is 3.17. The lowest BCUT2D eigenvalue weighted by molar-refractivity contribution is 0.885. The monoisotopic (exact) mass is 190 g/mol. The minimum absolute atomic E-state index is 0.0968. The van der Waals surface area contributed by atoms with Gasteiger partial charge in [-0.05, 0) is 6.07 Å². The third-order valence-electron chi connectivity index (χ3n) is 2.11. The van der Waals surface area contributed by atoms with Gasteiger partial charge >= 0.3 is 0 Å². The van der Waals surface area contributed by atoms with Gasteiger partial charge in [0.2, 0.25) is 0 Å². The van der Waals surface area contributed by atoms with E-state index in [2.05, 4.69) is 15.3 Å². The second-order valence-corrected chi connectivity index (χ2v) is 2.94. The van der Waals surface area contributed by atoms with Gasteiger partial charge in [0.05, 0.1) is 0 Å². The van der Waals surface area contributed by atoms with Gasteiger partial charge in [0.1, 0.15) is 11.2 Å². The largest absolute Gasteiger partial charge is 0.384 e. The molecule has 0 bridgehead atoms. The average Bonchev–Trinajstić information content (AvgIpc) is 2.23. The number of nitrogens with zero attached hydrogens (tertiary/aromatic N) is 3.